The molecular formula is C22H23ClN2O2. The van der Waals surface area contributed by atoms with Gasteiger partial charge in [-0.15, -0.1) is 0 Å². The molecule has 4 nitrogen and oxygen atoms in total. The maximum atomic E-state index is 12.5. The maximum Gasteiger partial charge on any atom is 0.251 e. The molecular weight excluding hydrogens is 360 g/mol. The molecule has 27 heavy (non-hydrogen) atoms. The molecule has 0 bridgehead atoms. The van der Waals surface area contributed by atoms with Crippen molar-refractivity contribution in [3.05, 3.63) is 70.8 Å². The second-order valence-corrected chi connectivity index (χ2v) is 7.14. The second kappa shape index (κ2) is 9.38. The van der Waals surface area contributed by atoms with Crippen LogP contribution in [0.5, 0.6) is 0 Å². The number of carbonyl (C=O) groups is 2. The van der Waals surface area contributed by atoms with Crippen LogP contribution in [0.15, 0.2) is 54.6 Å². The van der Waals surface area contributed by atoms with Gasteiger partial charge >= 0.3 is 0 Å². The molecule has 0 atom stereocenters. The van der Waals surface area contributed by atoms with E-state index in [-0.39, 0.29) is 17.9 Å². The standard InChI is InChI=1S/C22H23ClN2O2/c23-19-13-12-17(22(27)24-18-9-5-2-6-10-18)15-20(19)25-21(26)14-11-16-7-3-1-4-8-16/h1,3-4,7-8,11-15,18H,2,5-6,9-10H2,(H,24,27)(H,25,26). The van der Waals surface area contributed by atoms with Crippen LogP contribution < -0.4 is 10.6 Å². The Labute approximate surface area is 164 Å². The van der Waals surface area contributed by atoms with Crippen molar-refractivity contribution in [1.29, 1.82) is 0 Å². The Morgan fingerprint density at radius 3 is 2.48 bits per heavy atom. The van der Waals surface area contributed by atoms with Gasteiger partial charge in [-0.3, -0.25) is 9.59 Å². The fourth-order valence-electron chi connectivity index (χ4n) is 3.19. The van der Waals surface area contributed by atoms with Crippen LogP contribution >= 0.6 is 11.6 Å². The second-order valence-electron chi connectivity index (χ2n) is 6.74. The third-order valence-corrected chi connectivity index (χ3v) is 4.98. The highest BCUT2D eigenvalue weighted by Crippen LogP contribution is 2.24. The fourth-order valence-corrected chi connectivity index (χ4v) is 3.35. The van der Waals surface area contributed by atoms with E-state index in [1.54, 1.807) is 24.3 Å². The molecule has 140 valence electrons. The highest BCUT2D eigenvalue weighted by molar-refractivity contribution is 6.34. The largest absolute Gasteiger partial charge is 0.349 e. The Bertz CT molecular complexity index is 827. The Balaban J connectivity index is 1.64. The van der Waals surface area contributed by atoms with Crippen LogP contribution in [-0.2, 0) is 4.79 Å². The molecule has 1 aliphatic carbocycles. The van der Waals surface area contributed by atoms with Crippen LogP contribution in [0.4, 0.5) is 5.69 Å². The van der Waals surface area contributed by atoms with E-state index in [4.69, 9.17) is 11.6 Å². The van der Waals surface area contributed by atoms with E-state index in [1.807, 2.05) is 30.3 Å². The maximum absolute atomic E-state index is 12.5. The van der Waals surface area contributed by atoms with Crippen molar-refractivity contribution in [2.45, 2.75) is 38.1 Å². The Hall–Kier alpha value is -2.59. The number of hydrogen-bond acceptors (Lipinski definition) is 2. The molecule has 0 unspecified atom stereocenters. The van der Waals surface area contributed by atoms with Crippen LogP contribution in [0.3, 0.4) is 0 Å². The molecule has 2 aromatic rings. The molecule has 0 heterocycles. The first-order valence-electron chi connectivity index (χ1n) is 9.26. The molecule has 2 N–H and O–H groups in total. The van der Waals surface area contributed by atoms with E-state index in [1.165, 1.54) is 12.5 Å². The van der Waals surface area contributed by atoms with E-state index in [2.05, 4.69) is 10.6 Å². The number of rotatable bonds is 5. The number of nitrogens with one attached hydrogen (secondary N) is 2. The van der Waals surface area contributed by atoms with Crippen molar-refractivity contribution >= 4 is 35.2 Å². The third kappa shape index (κ3) is 5.69. The summed E-state index contributed by atoms with van der Waals surface area (Å²) >= 11 is 6.18. The van der Waals surface area contributed by atoms with E-state index in [0.29, 0.717) is 16.3 Å². The van der Waals surface area contributed by atoms with Crippen LogP contribution in [0.25, 0.3) is 6.08 Å². The van der Waals surface area contributed by atoms with Gasteiger partial charge in [0.05, 0.1) is 10.7 Å². The van der Waals surface area contributed by atoms with Crippen LogP contribution in [0, 0.1) is 0 Å². The molecule has 1 fully saturated rings. The third-order valence-electron chi connectivity index (χ3n) is 4.65. The van der Waals surface area contributed by atoms with Crippen molar-refractivity contribution < 1.29 is 9.59 Å². The SMILES string of the molecule is O=C(C=Cc1ccccc1)Nc1cc(C(=O)NC2CCCCC2)ccc1Cl. The Morgan fingerprint density at radius 2 is 1.74 bits per heavy atom. The molecule has 1 saturated carbocycles. The molecule has 0 spiro atoms. The summed E-state index contributed by atoms with van der Waals surface area (Å²) in [6.07, 6.45) is 8.75. The minimum Gasteiger partial charge on any atom is -0.349 e. The average molecular weight is 383 g/mol. The highest BCUT2D eigenvalue weighted by atomic mass is 35.5. The van der Waals surface area contributed by atoms with E-state index < -0.39 is 0 Å². The molecule has 3 rings (SSSR count). The lowest BCUT2D eigenvalue weighted by molar-refractivity contribution is -0.111. The van der Waals surface area contributed by atoms with Gasteiger partial charge in [0.1, 0.15) is 0 Å². The van der Waals surface area contributed by atoms with Gasteiger partial charge < -0.3 is 10.6 Å². The lowest BCUT2D eigenvalue weighted by Gasteiger charge is -2.22. The van der Waals surface area contributed by atoms with Gasteiger partial charge in [0, 0.05) is 17.7 Å². The molecule has 0 aliphatic heterocycles. The molecule has 0 radical (unpaired) electrons. The minimum absolute atomic E-state index is 0.131. The fraction of sp³-hybridized carbons (Fsp3) is 0.273. The van der Waals surface area contributed by atoms with E-state index in [9.17, 15) is 9.59 Å². The van der Waals surface area contributed by atoms with Crippen molar-refractivity contribution in [2.24, 2.45) is 0 Å². The summed E-state index contributed by atoms with van der Waals surface area (Å²) < 4.78 is 0. The first-order chi connectivity index (χ1) is 13.1. The summed E-state index contributed by atoms with van der Waals surface area (Å²) in [5.74, 6) is -0.431. The van der Waals surface area contributed by atoms with Crippen LogP contribution in [-0.4, -0.2) is 17.9 Å². The first kappa shape index (κ1) is 19.2. The number of benzene rings is 2. The van der Waals surface area contributed by atoms with Crippen molar-refractivity contribution in [2.75, 3.05) is 5.32 Å². The molecule has 0 saturated heterocycles. The first-order valence-corrected chi connectivity index (χ1v) is 9.64. The summed E-state index contributed by atoms with van der Waals surface area (Å²) in [5, 5.41) is 6.21. The zero-order chi connectivity index (χ0) is 19.1. The van der Waals surface area contributed by atoms with Gasteiger partial charge in [-0.1, -0.05) is 61.2 Å². The molecule has 0 aromatic heterocycles. The van der Waals surface area contributed by atoms with Crippen LogP contribution in [0.2, 0.25) is 5.02 Å². The zero-order valence-corrected chi connectivity index (χ0v) is 15.8. The van der Waals surface area contributed by atoms with Crippen LogP contribution in [0.1, 0.15) is 48.0 Å². The van der Waals surface area contributed by atoms with Crippen molar-refractivity contribution in [3.63, 3.8) is 0 Å². The van der Waals surface area contributed by atoms with Gasteiger partial charge in [0.25, 0.3) is 5.91 Å². The van der Waals surface area contributed by atoms with E-state index >= 15 is 0 Å². The lowest BCUT2D eigenvalue weighted by Crippen LogP contribution is -2.36. The Kier molecular flexibility index (Phi) is 6.66. The topological polar surface area (TPSA) is 58.2 Å². The van der Waals surface area contributed by atoms with Gasteiger partial charge in [0.15, 0.2) is 0 Å². The number of amides is 2. The normalized spacial score (nSPS) is 14.9. The number of anilines is 1. The van der Waals surface area contributed by atoms with Crippen molar-refractivity contribution in [1.82, 2.24) is 5.32 Å². The number of carbonyl (C=O) groups excluding carboxylic acids is 2. The van der Waals surface area contributed by atoms with Gasteiger partial charge in [-0.25, -0.2) is 0 Å². The van der Waals surface area contributed by atoms with Gasteiger partial charge in [-0.2, -0.15) is 0 Å². The predicted octanol–water partition coefficient (Wildman–Crippen LogP) is 5.05. The summed E-state index contributed by atoms with van der Waals surface area (Å²) in [7, 11) is 0. The van der Waals surface area contributed by atoms with E-state index in [0.717, 1.165) is 31.2 Å². The quantitative estimate of drug-likeness (QED) is 0.710. The smallest absolute Gasteiger partial charge is 0.251 e. The molecule has 5 heteroatoms. The number of halogens is 1. The van der Waals surface area contributed by atoms with Gasteiger partial charge in [-0.05, 0) is 42.7 Å². The zero-order valence-electron chi connectivity index (χ0n) is 15.1. The molecule has 2 amide bonds. The summed E-state index contributed by atoms with van der Waals surface area (Å²) in [6, 6.07) is 14.7. The highest BCUT2D eigenvalue weighted by Gasteiger charge is 2.17. The average Bonchev–Trinajstić information content (AvgIpc) is 2.69. The molecule has 1 aliphatic rings. The summed E-state index contributed by atoms with van der Waals surface area (Å²) in [6.45, 7) is 0. The van der Waals surface area contributed by atoms with Crippen molar-refractivity contribution in [3.8, 4) is 0 Å². The minimum atomic E-state index is -0.300. The monoisotopic (exact) mass is 382 g/mol. The lowest BCUT2D eigenvalue weighted by atomic mass is 9.95. The van der Waals surface area contributed by atoms with Gasteiger partial charge in [0.2, 0.25) is 5.91 Å². The Morgan fingerprint density at radius 1 is 1.00 bits per heavy atom. The summed E-state index contributed by atoms with van der Waals surface area (Å²) in [4.78, 5) is 24.7. The predicted molar refractivity (Wildman–Crippen MR) is 110 cm³/mol. The summed E-state index contributed by atoms with van der Waals surface area (Å²) in [5.41, 5.74) is 1.85. The molecule has 2 aromatic carbocycles. The number of hydrogen-bond donors (Lipinski definition) is 2.